The summed E-state index contributed by atoms with van der Waals surface area (Å²) in [5, 5.41) is 1.48. The van der Waals surface area contributed by atoms with Crippen LogP contribution in [0.4, 0.5) is 20.0 Å². The van der Waals surface area contributed by atoms with Crippen LogP contribution in [0.25, 0.3) is 28.0 Å². The van der Waals surface area contributed by atoms with Gasteiger partial charge in [0.05, 0.1) is 19.8 Å². The minimum absolute atomic E-state index is 0.167. The third-order valence-electron chi connectivity index (χ3n) is 6.02. The molecule has 4 nitrogen and oxygen atoms in total. The van der Waals surface area contributed by atoms with Crippen molar-refractivity contribution >= 4 is 41.4 Å². The van der Waals surface area contributed by atoms with Gasteiger partial charge in [-0.3, -0.25) is 13.4 Å². The van der Waals surface area contributed by atoms with Gasteiger partial charge in [-0.25, -0.2) is 0 Å². The largest absolute Gasteiger partial charge is 0.678 e. The summed E-state index contributed by atoms with van der Waals surface area (Å²) in [7, 11) is 0.285. The molecule has 0 heterocycles. The molecule has 5 rings (SSSR count). The zero-order chi connectivity index (χ0) is 23.8. The van der Waals surface area contributed by atoms with Crippen LogP contribution in [0.2, 0.25) is 0 Å². The van der Waals surface area contributed by atoms with E-state index in [-0.39, 0.29) is 22.7 Å². The Morgan fingerprint density at radius 2 is 1.41 bits per heavy atom. The fourth-order valence-corrected chi connectivity index (χ4v) is 4.37. The third kappa shape index (κ3) is 3.69. The number of nitrogens with zero attached hydrogens (tertiary/aromatic N) is 1. The van der Waals surface area contributed by atoms with E-state index in [2.05, 4.69) is 0 Å². The second-order valence-corrected chi connectivity index (χ2v) is 7.90. The Morgan fingerprint density at radius 3 is 2.03 bits per heavy atom. The molecule has 0 amide bonds. The van der Waals surface area contributed by atoms with E-state index in [9.17, 15) is 13.4 Å². The quantitative estimate of drug-likeness (QED) is 0.300. The van der Waals surface area contributed by atoms with Crippen LogP contribution in [0.15, 0.2) is 78.9 Å². The van der Waals surface area contributed by atoms with E-state index in [0.29, 0.717) is 11.1 Å². The van der Waals surface area contributed by atoms with Crippen molar-refractivity contribution in [2.24, 2.45) is 0 Å². The Kier molecular flexibility index (Phi) is 5.53. The summed E-state index contributed by atoms with van der Waals surface area (Å²) in [6.07, 6.45) is 3.19. The van der Waals surface area contributed by atoms with E-state index >= 15 is 0 Å². The van der Waals surface area contributed by atoms with Crippen molar-refractivity contribution < 1.29 is 22.9 Å². The molecule has 0 unspecified atom stereocenters. The zero-order valence-corrected chi connectivity index (χ0v) is 18.6. The van der Waals surface area contributed by atoms with E-state index in [0.717, 1.165) is 32.6 Å². The number of anilines is 2. The average molecular weight is 455 g/mol. The number of methoxy groups -OCH3 is 2. The SMILES string of the molecule is COc1ccc(-c2cc3c4c(c(N(B(F)F)c5ccc(OC)cc5)ccc4c2)C(=O)C=C3)cc1. The van der Waals surface area contributed by atoms with Gasteiger partial charge in [0.25, 0.3) is 0 Å². The maximum atomic E-state index is 14.3. The van der Waals surface area contributed by atoms with Crippen LogP contribution in [0.5, 0.6) is 11.5 Å². The van der Waals surface area contributed by atoms with E-state index in [4.69, 9.17) is 9.47 Å². The molecule has 168 valence electrons. The first kappa shape index (κ1) is 21.7. The lowest BCUT2D eigenvalue weighted by Gasteiger charge is -2.27. The maximum absolute atomic E-state index is 14.3. The van der Waals surface area contributed by atoms with Crippen LogP contribution in [-0.4, -0.2) is 27.4 Å². The van der Waals surface area contributed by atoms with Gasteiger partial charge in [-0.05, 0) is 82.7 Å². The third-order valence-corrected chi connectivity index (χ3v) is 6.02. The monoisotopic (exact) mass is 455 g/mol. The lowest BCUT2D eigenvalue weighted by atomic mass is 9.87. The molecule has 0 atom stereocenters. The van der Waals surface area contributed by atoms with Gasteiger partial charge in [-0.2, -0.15) is 0 Å². The molecule has 0 saturated heterocycles. The Bertz CT molecular complexity index is 1420. The van der Waals surface area contributed by atoms with Crippen molar-refractivity contribution in [2.75, 3.05) is 19.0 Å². The number of ketones is 1. The summed E-state index contributed by atoms with van der Waals surface area (Å²) in [5.41, 5.74) is 3.47. The highest BCUT2D eigenvalue weighted by molar-refractivity contribution is 6.51. The molecule has 0 radical (unpaired) electrons. The van der Waals surface area contributed by atoms with Gasteiger partial charge in [0.2, 0.25) is 0 Å². The molecule has 1 aliphatic rings. The Hall–Kier alpha value is -4.13. The van der Waals surface area contributed by atoms with Crippen molar-refractivity contribution in [3.05, 3.63) is 90.0 Å². The van der Waals surface area contributed by atoms with Crippen LogP contribution >= 0.6 is 0 Å². The number of hydrogen-bond acceptors (Lipinski definition) is 4. The second-order valence-electron chi connectivity index (χ2n) is 7.90. The molecule has 4 aromatic rings. The van der Waals surface area contributed by atoms with Gasteiger partial charge in [0.15, 0.2) is 5.78 Å². The summed E-state index contributed by atoms with van der Waals surface area (Å²) in [5.74, 6) is 1.02. The van der Waals surface area contributed by atoms with Gasteiger partial charge < -0.3 is 14.3 Å². The van der Waals surface area contributed by atoms with Gasteiger partial charge in [0.1, 0.15) is 11.5 Å². The highest BCUT2D eigenvalue weighted by Gasteiger charge is 2.32. The molecule has 0 aliphatic heterocycles. The number of allylic oxidation sites excluding steroid dienone is 1. The summed E-state index contributed by atoms with van der Waals surface area (Å²) < 4.78 is 39.0. The van der Waals surface area contributed by atoms with Gasteiger partial charge in [-0.15, -0.1) is 0 Å². The van der Waals surface area contributed by atoms with Gasteiger partial charge >= 0.3 is 7.40 Å². The molecule has 34 heavy (non-hydrogen) atoms. The lowest BCUT2D eigenvalue weighted by molar-refractivity contribution is 0.104. The first-order valence-electron chi connectivity index (χ1n) is 10.7. The number of ether oxygens (including phenoxy) is 2. The molecule has 1 aliphatic carbocycles. The predicted octanol–water partition coefficient (Wildman–Crippen LogP) is 6.80. The summed E-state index contributed by atoms with van der Waals surface area (Å²) in [4.78, 5) is 13.9. The van der Waals surface area contributed by atoms with Crippen molar-refractivity contribution in [1.82, 2.24) is 0 Å². The van der Waals surface area contributed by atoms with Crippen LogP contribution in [0, 0.1) is 0 Å². The fraction of sp³-hybridized carbons (Fsp3) is 0.0741. The van der Waals surface area contributed by atoms with Gasteiger partial charge in [-0.1, -0.05) is 24.3 Å². The Morgan fingerprint density at radius 1 is 0.765 bits per heavy atom. The Labute approximate surface area is 196 Å². The van der Waals surface area contributed by atoms with Crippen LogP contribution in [0.1, 0.15) is 15.9 Å². The smallest absolute Gasteiger partial charge is 0.497 e. The number of halogens is 2. The first-order valence-corrected chi connectivity index (χ1v) is 10.7. The number of hydrogen-bond donors (Lipinski definition) is 0. The minimum Gasteiger partial charge on any atom is -0.497 e. The van der Waals surface area contributed by atoms with Crippen molar-refractivity contribution in [3.8, 4) is 22.6 Å². The average Bonchev–Trinajstić information content (AvgIpc) is 2.87. The van der Waals surface area contributed by atoms with E-state index in [1.807, 2.05) is 36.4 Å². The predicted molar refractivity (Wildman–Crippen MR) is 132 cm³/mol. The van der Waals surface area contributed by atoms with Crippen molar-refractivity contribution in [1.29, 1.82) is 0 Å². The molecule has 7 heteroatoms. The van der Waals surface area contributed by atoms with Crippen LogP contribution in [-0.2, 0) is 0 Å². The van der Waals surface area contributed by atoms with Crippen molar-refractivity contribution in [3.63, 3.8) is 0 Å². The fourth-order valence-electron chi connectivity index (χ4n) is 4.37. The molecule has 0 aromatic heterocycles. The van der Waals surface area contributed by atoms with Gasteiger partial charge in [0, 0.05) is 16.8 Å². The zero-order valence-electron chi connectivity index (χ0n) is 18.6. The summed E-state index contributed by atoms with van der Waals surface area (Å²) in [6, 6.07) is 21.4. The molecule has 0 bridgehead atoms. The van der Waals surface area contributed by atoms with Crippen molar-refractivity contribution in [2.45, 2.75) is 0 Å². The standard InChI is InChI=1S/C27H20BF2NO3/c1-33-22-9-3-17(4-10-22)20-15-18-5-13-24(27-25(32)14-6-19(16-20)26(18)27)31(28(29)30)21-7-11-23(34-2)12-8-21/h3-16H,1-2H3. The molecule has 0 spiro atoms. The number of benzene rings is 4. The molecule has 0 fully saturated rings. The number of rotatable bonds is 6. The number of carbonyl (C=O) groups excluding carboxylic acids is 1. The molecule has 0 N–H and O–H groups in total. The summed E-state index contributed by atoms with van der Waals surface area (Å²) in [6.45, 7) is 0. The Balaban J connectivity index is 1.68. The molecular weight excluding hydrogens is 435 g/mol. The lowest BCUT2D eigenvalue weighted by Crippen LogP contribution is -2.29. The minimum atomic E-state index is -2.84. The van der Waals surface area contributed by atoms with Crippen LogP contribution in [0.3, 0.4) is 0 Å². The van der Waals surface area contributed by atoms with E-state index in [1.54, 1.807) is 49.6 Å². The molecule has 0 saturated carbocycles. The van der Waals surface area contributed by atoms with E-state index in [1.165, 1.54) is 13.2 Å². The maximum Gasteiger partial charge on any atom is 0.678 e. The first-order chi connectivity index (χ1) is 16.5. The topological polar surface area (TPSA) is 38.8 Å². The highest BCUT2D eigenvalue weighted by Crippen LogP contribution is 2.41. The van der Waals surface area contributed by atoms with Crippen LogP contribution < -0.4 is 14.3 Å². The molecule has 4 aromatic carbocycles. The van der Waals surface area contributed by atoms with E-state index < -0.39 is 7.40 Å². The normalized spacial score (nSPS) is 12.1. The second kappa shape index (κ2) is 8.67. The number of carbonyl (C=O) groups is 1. The highest BCUT2D eigenvalue weighted by atomic mass is 19.2. The molecular formula is C27H20BF2NO3. The summed E-state index contributed by atoms with van der Waals surface area (Å²) >= 11 is 0.